The molecule has 1 aliphatic rings. The van der Waals surface area contributed by atoms with Gasteiger partial charge in [0.2, 0.25) is 5.95 Å². The molecule has 1 saturated heterocycles. The van der Waals surface area contributed by atoms with E-state index in [1.807, 2.05) is 18.2 Å². The average molecular weight is 457 g/mol. The molecule has 0 radical (unpaired) electrons. The summed E-state index contributed by atoms with van der Waals surface area (Å²) in [4.78, 5) is 36.9. The molecule has 13 nitrogen and oxygen atoms in total. The van der Waals surface area contributed by atoms with Gasteiger partial charge >= 0.3 is 11.8 Å². The van der Waals surface area contributed by atoms with Crippen molar-refractivity contribution in [2.45, 2.75) is 31.5 Å². The monoisotopic (exact) mass is 457 g/mol. The van der Waals surface area contributed by atoms with E-state index < -0.39 is 43.0 Å². The van der Waals surface area contributed by atoms with Gasteiger partial charge in [-0.2, -0.15) is 9.97 Å². The van der Waals surface area contributed by atoms with Crippen molar-refractivity contribution in [3.8, 4) is 0 Å². The largest absolute Gasteiger partial charge is 0.394 e. The SMILES string of the molecule is CCNC(=O)C(=O)Nc1nc(Nc2ccccc2)c2ncn(C3OC(CO)C(O)C3O)c2n1. The first-order valence-corrected chi connectivity index (χ1v) is 10.2. The van der Waals surface area contributed by atoms with Crippen LogP contribution in [0.3, 0.4) is 0 Å². The van der Waals surface area contributed by atoms with Crippen LogP contribution in [0.25, 0.3) is 11.2 Å². The lowest BCUT2D eigenvalue weighted by Crippen LogP contribution is -2.35. The van der Waals surface area contributed by atoms with Gasteiger partial charge in [0.1, 0.15) is 18.3 Å². The third-order valence-electron chi connectivity index (χ3n) is 5.02. The summed E-state index contributed by atoms with van der Waals surface area (Å²) in [6.07, 6.45) is -3.45. The van der Waals surface area contributed by atoms with Gasteiger partial charge in [-0.15, -0.1) is 0 Å². The topological polar surface area (TPSA) is 184 Å². The van der Waals surface area contributed by atoms with E-state index in [9.17, 15) is 24.9 Å². The number of nitrogens with one attached hydrogen (secondary N) is 3. The zero-order valence-electron chi connectivity index (χ0n) is 17.5. The minimum absolute atomic E-state index is 0.157. The fourth-order valence-electron chi connectivity index (χ4n) is 3.41. The van der Waals surface area contributed by atoms with Gasteiger partial charge in [0.25, 0.3) is 0 Å². The minimum atomic E-state index is -1.37. The van der Waals surface area contributed by atoms with Crippen LogP contribution in [0.1, 0.15) is 13.2 Å². The molecule has 1 aliphatic heterocycles. The van der Waals surface area contributed by atoms with Gasteiger partial charge in [-0.25, -0.2) is 4.98 Å². The Morgan fingerprint density at radius 2 is 1.88 bits per heavy atom. The first kappa shape index (κ1) is 22.5. The van der Waals surface area contributed by atoms with Crippen LogP contribution in [-0.2, 0) is 14.3 Å². The number of aliphatic hydroxyl groups excluding tert-OH is 3. The molecule has 0 saturated carbocycles. The highest BCUT2D eigenvalue weighted by molar-refractivity contribution is 6.39. The summed E-state index contributed by atoms with van der Waals surface area (Å²) in [5.74, 6) is -1.77. The first-order valence-electron chi connectivity index (χ1n) is 10.2. The Bertz CT molecular complexity index is 1150. The maximum Gasteiger partial charge on any atom is 0.316 e. The van der Waals surface area contributed by atoms with Gasteiger partial charge in [-0.05, 0) is 19.1 Å². The maximum absolute atomic E-state index is 12.2. The average Bonchev–Trinajstić information content (AvgIpc) is 3.35. The van der Waals surface area contributed by atoms with Crippen molar-refractivity contribution in [2.24, 2.45) is 0 Å². The van der Waals surface area contributed by atoms with Gasteiger partial charge in [-0.3, -0.25) is 19.5 Å². The number of ether oxygens (including phenoxy) is 1. The molecule has 0 spiro atoms. The molecular weight excluding hydrogens is 434 g/mol. The van der Waals surface area contributed by atoms with Crippen LogP contribution in [0.4, 0.5) is 17.5 Å². The van der Waals surface area contributed by atoms with E-state index in [2.05, 4.69) is 30.9 Å². The zero-order valence-corrected chi connectivity index (χ0v) is 17.5. The summed E-state index contributed by atoms with van der Waals surface area (Å²) in [5, 5.41) is 37.7. The maximum atomic E-state index is 12.2. The highest BCUT2D eigenvalue weighted by Gasteiger charge is 2.44. The summed E-state index contributed by atoms with van der Waals surface area (Å²) >= 11 is 0. The van der Waals surface area contributed by atoms with Crippen LogP contribution < -0.4 is 16.0 Å². The lowest BCUT2D eigenvalue weighted by atomic mass is 10.1. The lowest BCUT2D eigenvalue weighted by molar-refractivity contribution is -0.136. The molecule has 4 atom stereocenters. The fourth-order valence-corrected chi connectivity index (χ4v) is 3.41. The second-order valence-electron chi connectivity index (χ2n) is 7.25. The van der Waals surface area contributed by atoms with Crippen LogP contribution in [-0.4, -0.2) is 78.1 Å². The van der Waals surface area contributed by atoms with Gasteiger partial charge < -0.3 is 30.7 Å². The number of rotatable bonds is 6. The Morgan fingerprint density at radius 3 is 2.55 bits per heavy atom. The Morgan fingerprint density at radius 1 is 1.12 bits per heavy atom. The number of anilines is 3. The van der Waals surface area contributed by atoms with Crippen molar-refractivity contribution in [1.82, 2.24) is 24.8 Å². The van der Waals surface area contributed by atoms with E-state index in [-0.39, 0.29) is 29.5 Å². The number of hydrogen-bond acceptors (Lipinski definition) is 10. The predicted molar refractivity (Wildman–Crippen MR) is 115 cm³/mol. The van der Waals surface area contributed by atoms with E-state index in [0.717, 1.165) is 0 Å². The molecule has 4 rings (SSSR count). The predicted octanol–water partition coefficient (Wildman–Crippen LogP) is -0.744. The summed E-state index contributed by atoms with van der Waals surface area (Å²) < 4.78 is 6.94. The standard InChI is InChI=1S/C20H23N7O6/c1-2-21-17(31)18(32)26-20-24-15(23-10-6-4-3-5-7-10)12-16(25-20)27(9-22-12)19-14(30)13(29)11(8-28)33-19/h3-7,9,11,13-14,19,28-30H,2,8H2,1H3,(H,21,31)(H2,23,24,25,26,32). The highest BCUT2D eigenvalue weighted by Crippen LogP contribution is 2.33. The van der Waals surface area contributed by atoms with E-state index >= 15 is 0 Å². The highest BCUT2D eigenvalue weighted by atomic mass is 16.6. The van der Waals surface area contributed by atoms with E-state index in [4.69, 9.17) is 4.74 Å². The van der Waals surface area contributed by atoms with Crippen LogP contribution >= 0.6 is 0 Å². The zero-order chi connectivity index (χ0) is 23.5. The van der Waals surface area contributed by atoms with Crippen LogP contribution in [0, 0.1) is 0 Å². The third-order valence-corrected chi connectivity index (χ3v) is 5.02. The van der Waals surface area contributed by atoms with Crippen molar-refractivity contribution in [1.29, 1.82) is 0 Å². The third kappa shape index (κ3) is 4.47. The molecule has 13 heteroatoms. The summed E-state index contributed by atoms with van der Waals surface area (Å²) in [6, 6.07) is 9.06. The number of aliphatic hydroxyl groups is 3. The second-order valence-corrected chi connectivity index (χ2v) is 7.25. The Kier molecular flexibility index (Phi) is 6.46. The first-order chi connectivity index (χ1) is 15.9. The van der Waals surface area contributed by atoms with Gasteiger partial charge in [0, 0.05) is 12.2 Å². The van der Waals surface area contributed by atoms with Crippen LogP contribution in [0.15, 0.2) is 36.7 Å². The van der Waals surface area contributed by atoms with Crippen molar-refractivity contribution in [3.05, 3.63) is 36.7 Å². The number of hydrogen-bond donors (Lipinski definition) is 6. The van der Waals surface area contributed by atoms with Crippen molar-refractivity contribution < 1.29 is 29.6 Å². The molecule has 1 fully saturated rings. The molecule has 4 unspecified atom stereocenters. The quantitative estimate of drug-likeness (QED) is 0.258. The molecule has 3 aromatic rings. The number of nitrogens with zero attached hydrogens (tertiary/aromatic N) is 4. The number of carbonyl (C=O) groups is 2. The molecule has 2 aromatic heterocycles. The summed E-state index contributed by atoms with van der Waals surface area (Å²) in [7, 11) is 0. The van der Waals surface area contributed by atoms with E-state index in [1.165, 1.54) is 10.9 Å². The lowest BCUT2D eigenvalue weighted by Gasteiger charge is -2.17. The molecule has 0 bridgehead atoms. The van der Waals surface area contributed by atoms with Gasteiger partial charge in [0.05, 0.1) is 12.9 Å². The molecule has 174 valence electrons. The number of fused-ring (bicyclic) bond motifs is 1. The molecule has 33 heavy (non-hydrogen) atoms. The summed E-state index contributed by atoms with van der Waals surface area (Å²) in [5.41, 5.74) is 1.12. The molecule has 2 amide bonds. The van der Waals surface area contributed by atoms with Crippen molar-refractivity contribution in [2.75, 3.05) is 23.8 Å². The number of imidazole rings is 1. The fraction of sp³-hybridized carbons (Fsp3) is 0.350. The van der Waals surface area contributed by atoms with Crippen LogP contribution in [0.2, 0.25) is 0 Å². The molecule has 0 aliphatic carbocycles. The Hall–Kier alpha value is -3.65. The van der Waals surface area contributed by atoms with Crippen molar-refractivity contribution >= 4 is 40.4 Å². The number of aromatic nitrogens is 4. The molecule has 1 aromatic carbocycles. The smallest absolute Gasteiger partial charge is 0.316 e. The number of benzene rings is 1. The number of amides is 2. The van der Waals surface area contributed by atoms with Gasteiger partial charge in [0.15, 0.2) is 23.2 Å². The second kappa shape index (κ2) is 9.46. The number of carbonyl (C=O) groups excluding carboxylic acids is 2. The van der Waals surface area contributed by atoms with Gasteiger partial charge in [-0.1, -0.05) is 18.2 Å². The van der Waals surface area contributed by atoms with E-state index in [1.54, 1.807) is 19.1 Å². The number of para-hydroxylation sites is 1. The minimum Gasteiger partial charge on any atom is -0.394 e. The van der Waals surface area contributed by atoms with Crippen molar-refractivity contribution in [3.63, 3.8) is 0 Å². The number of likely N-dealkylation sites (N-methyl/N-ethyl adjacent to an activating group) is 1. The van der Waals surface area contributed by atoms with E-state index in [0.29, 0.717) is 5.69 Å². The Labute approximate surface area is 187 Å². The molecule has 3 heterocycles. The molecular formula is C20H23N7O6. The molecule has 6 N–H and O–H groups in total. The normalized spacial score (nSPS) is 22.3. The summed E-state index contributed by atoms with van der Waals surface area (Å²) in [6.45, 7) is 1.45. The Balaban J connectivity index is 1.76. The van der Waals surface area contributed by atoms with Crippen LogP contribution in [0.5, 0.6) is 0 Å².